The summed E-state index contributed by atoms with van der Waals surface area (Å²) in [4.78, 5) is 18.3. The van der Waals surface area contributed by atoms with Gasteiger partial charge in [0.05, 0.1) is 0 Å². The van der Waals surface area contributed by atoms with Crippen molar-refractivity contribution in [2.45, 2.75) is 52.0 Å². The maximum absolute atomic E-state index is 13.5. The third-order valence-electron chi connectivity index (χ3n) is 9.01. The Kier molecular flexibility index (Phi) is 10.3. The summed E-state index contributed by atoms with van der Waals surface area (Å²) in [5.41, 5.74) is 0. The van der Waals surface area contributed by atoms with Crippen molar-refractivity contribution in [1.29, 1.82) is 0 Å². The smallest absolute Gasteiger partial charge is 0.223 e. The van der Waals surface area contributed by atoms with Crippen LogP contribution < -0.4 is 5.32 Å². The second-order valence-electron chi connectivity index (χ2n) is 12.4. The van der Waals surface area contributed by atoms with Gasteiger partial charge in [-0.2, -0.15) is 0 Å². The first-order chi connectivity index (χ1) is 17.8. The topological polar surface area (TPSA) is 35.6 Å². The molecule has 0 aromatic heterocycles. The van der Waals surface area contributed by atoms with E-state index in [4.69, 9.17) is 11.6 Å². The molecule has 4 nitrogen and oxygen atoms in total. The van der Waals surface area contributed by atoms with Gasteiger partial charge in [-0.05, 0) is 101 Å². The number of likely N-dealkylation sites (tertiary alicyclic amines) is 1. The molecule has 1 amide bonds. The molecule has 0 spiro atoms. The number of piperidine rings is 1. The average molecular weight is 526 g/mol. The molecular weight excluding hydrogens is 478 g/mol. The number of hydrogen-bond acceptors (Lipinski definition) is 3. The average Bonchev–Trinajstić information content (AvgIpc) is 2.89. The Hall–Kier alpha value is -1.62. The number of nitrogens with one attached hydrogen (secondary N) is 1. The zero-order valence-electron chi connectivity index (χ0n) is 23.4. The summed E-state index contributed by atoms with van der Waals surface area (Å²) in [5, 5.41) is 4.37. The summed E-state index contributed by atoms with van der Waals surface area (Å²) < 4.78 is 0. The monoisotopic (exact) mass is 525 g/mol. The zero-order valence-corrected chi connectivity index (χ0v) is 24.1. The van der Waals surface area contributed by atoms with Crippen molar-refractivity contribution < 1.29 is 4.79 Å². The van der Waals surface area contributed by atoms with Gasteiger partial charge in [0.2, 0.25) is 5.91 Å². The number of carbonyl (C=O) groups excluding carboxylic acids is 1. The highest BCUT2D eigenvalue weighted by Gasteiger charge is 2.34. The Labute approximate surface area is 230 Å². The van der Waals surface area contributed by atoms with Crippen LogP contribution in [0.2, 0.25) is 0 Å². The van der Waals surface area contributed by atoms with Gasteiger partial charge in [0.15, 0.2) is 0 Å². The molecule has 0 saturated carbocycles. The molecule has 37 heavy (non-hydrogen) atoms. The SMILES string of the molecule is CC(C)[C@H](CN1CCC(C2C=CC(Cl)=CC2)CC1)NC(=O)C1CC=CC(C2C=CC=CC2CN(C)C)C1. The lowest BCUT2D eigenvalue weighted by molar-refractivity contribution is -0.126. The highest BCUT2D eigenvalue weighted by molar-refractivity contribution is 6.31. The van der Waals surface area contributed by atoms with Crippen molar-refractivity contribution in [2.75, 3.05) is 40.3 Å². The molecule has 0 aromatic carbocycles. The minimum absolute atomic E-state index is 0.0688. The second-order valence-corrected chi connectivity index (χ2v) is 12.8. The van der Waals surface area contributed by atoms with Gasteiger partial charge in [-0.3, -0.25) is 4.79 Å². The van der Waals surface area contributed by atoms with E-state index in [1.807, 2.05) is 0 Å². The Morgan fingerprint density at radius 3 is 2.51 bits per heavy atom. The molecule has 6 atom stereocenters. The van der Waals surface area contributed by atoms with Crippen molar-refractivity contribution in [2.24, 2.45) is 41.4 Å². The molecule has 1 aliphatic heterocycles. The lowest BCUT2D eigenvalue weighted by Crippen LogP contribution is -2.50. The van der Waals surface area contributed by atoms with Gasteiger partial charge >= 0.3 is 0 Å². The standard InChI is InChI=1S/C32H48ClN3O/c1-23(2)31(22-36-18-16-25(17-19-36)24-12-14-29(33)15-13-24)34-32(37)27-10-7-9-26(20-27)30-11-6-5-8-28(30)21-35(3)4/h5-9,11-12,14-15,23-28,30-31H,10,13,16-22H2,1-4H3,(H,34,37)/t24?,26?,27?,28?,30?,31-/m0/s1. The molecule has 5 unspecified atom stereocenters. The van der Waals surface area contributed by atoms with E-state index in [-0.39, 0.29) is 17.9 Å². The van der Waals surface area contributed by atoms with Crippen LogP contribution in [0.4, 0.5) is 0 Å². The molecular formula is C32H48ClN3O. The van der Waals surface area contributed by atoms with Crippen molar-refractivity contribution >= 4 is 17.5 Å². The van der Waals surface area contributed by atoms with E-state index in [2.05, 4.69) is 97.7 Å². The summed E-state index contributed by atoms with van der Waals surface area (Å²) in [6.45, 7) is 8.73. The van der Waals surface area contributed by atoms with E-state index in [0.717, 1.165) is 56.4 Å². The molecule has 0 bridgehead atoms. The van der Waals surface area contributed by atoms with Crippen LogP contribution in [0.25, 0.3) is 0 Å². The van der Waals surface area contributed by atoms with Crippen molar-refractivity contribution in [3.8, 4) is 0 Å². The van der Waals surface area contributed by atoms with Crippen LogP contribution in [0.5, 0.6) is 0 Å². The Bertz CT molecular complexity index is 909. The van der Waals surface area contributed by atoms with Crippen molar-refractivity contribution in [1.82, 2.24) is 15.1 Å². The molecule has 1 saturated heterocycles. The molecule has 0 aromatic rings. The Balaban J connectivity index is 1.28. The van der Waals surface area contributed by atoms with Crippen molar-refractivity contribution in [3.63, 3.8) is 0 Å². The molecule has 4 rings (SSSR count). The van der Waals surface area contributed by atoms with Gasteiger partial charge in [0, 0.05) is 30.1 Å². The van der Waals surface area contributed by atoms with Gasteiger partial charge in [-0.1, -0.05) is 74.1 Å². The summed E-state index contributed by atoms with van der Waals surface area (Å²) in [6, 6.07) is 0.198. The summed E-state index contributed by atoms with van der Waals surface area (Å²) in [7, 11) is 4.29. The first kappa shape index (κ1) is 28.4. The maximum atomic E-state index is 13.5. The molecule has 3 aliphatic carbocycles. The van der Waals surface area contributed by atoms with Crippen LogP contribution in [0, 0.1) is 41.4 Å². The number of rotatable bonds is 9. The van der Waals surface area contributed by atoms with Crippen LogP contribution in [0.15, 0.2) is 59.7 Å². The normalized spacial score (nSPS) is 31.6. The largest absolute Gasteiger partial charge is 0.352 e. The van der Waals surface area contributed by atoms with Gasteiger partial charge in [-0.25, -0.2) is 0 Å². The molecule has 1 heterocycles. The third-order valence-corrected chi connectivity index (χ3v) is 9.29. The quantitative estimate of drug-likeness (QED) is 0.373. The van der Waals surface area contributed by atoms with Gasteiger partial charge < -0.3 is 15.1 Å². The molecule has 5 heteroatoms. The molecule has 0 radical (unpaired) electrons. The van der Waals surface area contributed by atoms with Crippen molar-refractivity contribution in [3.05, 3.63) is 59.7 Å². The fraction of sp³-hybridized carbons (Fsp3) is 0.656. The molecule has 1 N–H and O–H groups in total. The summed E-state index contributed by atoms with van der Waals surface area (Å²) in [6.07, 6.45) is 25.6. The maximum Gasteiger partial charge on any atom is 0.223 e. The number of amides is 1. The van der Waals surface area contributed by atoms with E-state index in [1.54, 1.807) is 0 Å². The highest BCUT2D eigenvalue weighted by atomic mass is 35.5. The summed E-state index contributed by atoms with van der Waals surface area (Å²) >= 11 is 6.12. The number of allylic oxidation sites excluding steroid dienone is 9. The zero-order chi connectivity index (χ0) is 26.4. The lowest BCUT2D eigenvalue weighted by atomic mass is 9.72. The fourth-order valence-corrected chi connectivity index (χ4v) is 6.84. The van der Waals surface area contributed by atoms with Crippen LogP contribution in [0.3, 0.4) is 0 Å². The first-order valence-corrected chi connectivity index (χ1v) is 14.9. The van der Waals surface area contributed by atoms with Crippen LogP contribution in [-0.2, 0) is 4.79 Å². The minimum atomic E-state index is 0.0688. The number of halogens is 1. The molecule has 1 fully saturated rings. The van der Waals surface area contributed by atoms with Gasteiger partial charge in [-0.15, -0.1) is 0 Å². The fourth-order valence-electron chi connectivity index (χ4n) is 6.68. The van der Waals surface area contributed by atoms with E-state index < -0.39 is 0 Å². The number of carbonyl (C=O) groups is 1. The third kappa shape index (κ3) is 7.94. The second kappa shape index (κ2) is 13.4. The van der Waals surface area contributed by atoms with Crippen LogP contribution >= 0.6 is 11.6 Å². The predicted octanol–water partition coefficient (Wildman–Crippen LogP) is 6.04. The lowest BCUT2D eigenvalue weighted by Gasteiger charge is -2.38. The van der Waals surface area contributed by atoms with Gasteiger partial charge in [0.1, 0.15) is 0 Å². The van der Waals surface area contributed by atoms with E-state index in [9.17, 15) is 4.79 Å². The van der Waals surface area contributed by atoms with Gasteiger partial charge in [0.25, 0.3) is 0 Å². The molecule has 4 aliphatic rings. The first-order valence-electron chi connectivity index (χ1n) is 14.5. The minimum Gasteiger partial charge on any atom is -0.352 e. The summed E-state index contributed by atoms with van der Waals surface area (Å²) in [5.74, 6) is 3.49. The van der Waals surface area contributed by atoms with E-state index in [0.29, 0.717) is 29.6 Å². The van der Waals surface area contributed by atoms with E-state index in [1.165, 1.54) is 12.8 Å². The highest BCUT2D eigenvalue weighted by Crippen LogP contribution is 2.37. The predicted molar refractivity (Wildman–Crippen MR) is 156 cm³/mol. The van der Waals surface area contributed by atoms with Crippen LogP contribution in [0.1, 0.15) is 46.0 Å². The van der Waals surface area contributed by atoms with E-state index >= 15 is 0 Å². The van der Waals surface area contributed by atoms with Crippen LogP contribution in [-0.4, -0.2) is 62.0 Å². The number of hydrogen-bond donors (Lipinski definition) is 1. The Morgan fingerprint density at radius 2 is 1.84 bits per heavy atom. The molecule has 204 valence electrons. The Morgan fingerprint density at radius 1 is 1.08 bits per heavy atom. The number of nitrogens with zero attached hydrogens (tertiary/aromatic N) is 2.